The largest absolute Gasteiger partial charge is 0.466 e. The van der Waals surface area contributed by atoms with E-state index in [0.29, 0.717) is 11.3 Å². The van der Waals surface area contributed by atoms with Gasteiger partial charge in [-0.05, 0) is 43.4 Å². The summed E-state index contributed by atoms with van der Waals surface area (Å²) in [5.74, 6) is -2.42. The number of benzene rings is 2. The Morgan fingerprint density at radius 2 is 1.71 bits per heavy atom. The number of nitrogens with two attached hydrogens (primary N) is 1. The van der Waals surface area contributed by atoms with Gasteiger partial charge in [0, 0.05) is 22.5 Å². The third-order valence-electron chi connectivity index (χ3n) is 7.07. The minimum atomic E-state index is -0.908. The highest BCUT2D eigenvalue weighted by atomic mass is 16.5. The molecule has 0 fully saturated rings. The van der Waals surface area contributed by atoms with Crippen molar-refractivity contribution in [3.05, 3.63) is 94.1 Å². The third kappa shape index (κ3) is 4.10. The van der Waals surface area contributed by atoms with E-state index in [0.717, 1.165) is 36.9 Å². The Kier molecular flexibility index (Phi) is 6.71. The van der Waals surface area contributed by atoms with Crippen LogP contribution in [0.4, 0.5) is 5.69 Å². The molecule has 192 valence electrons. The van der Waals surface area contributed by atoms with Crippen molar-refractivity contribution in [1.82, 2.24) is 10.2 Å². The number of nitrogens with one attached hydrogen (secondary N) is 1. The maximum Gasteiger partial charge on any atom is 0.355 e. The van der Waals surface area contributed by atoms with Gasteiger partial charge < -0.3 is 15.2 Å². The first-order valence-electron chi connectivity index (χ1n) is 12.3. The van der Waals surface area contributed by atoms with E-state index >= 15 is 0 Å². The molecule has 9 nitrogen and oxygen atoms in total. The fourth-order valence-corrected chi connectivity index (χ4v) is 5.27. The van der Waals surface area contributed by atoms with Gasteiger partial charge in [0.25, 0.3) is 0 Å². The third-order valence-corrected chi connectivity index (χ3v) is 7.07. The number of ether oxygens (including phenoxy) is 2. The van der Waals surface area contributed by atoms with Crippen LogP contribution in [0.15, 0.2) is 77.3 Å². The average Bonchev–Trinajstić information content (AvgIpc) is 3.40. The molecule has 0 radical (unpaired) electrons. The van der Waals surface area contributed by atoms with Gasteiger partial charge in [-0.25, -0.2) is 9.59 Å². The van der Waals surface area contributed by atoms with Crippen LogP contribution in [-0.2, 0) is 31.9 Å². The lowest BCUT2D eigenvalue weighted by atomic mass is 9.81. The number of hydrogen-bond donors (Lipinski definition) is 2. The number of hydrogen-bond acceptors (Lipinski definition) is 8. The number of nitrogens with zero attached hydrogens (tertiary/aromatic N) is 3. The Balaban J connectivity index is 1.67. The number of anilines is 1. The molecule has 1 aliphatic heterocycles. The van der Waals surface area contributed by atoms with Gasteiger partial charge in [-0.15, -0.1) is 0 Å². The number of carbonyl (C=O) groups excluding carboxylic acids is 2. The summed E-state index contributed by atoms with van der Waals surface area (Å²) in [7, 11) is 2.45. The topological polar surface area (TPSA) is 134 Å². The maximum absolute atomic E-state index is 13.2. The Hall–Kier alpha value is -4.84. The molecule has 3 N–H and O–H groups in total. The van der Waals surface area contributed by atoms with Crippen LogP contribution in [0, 0.1) is 11.3 Å². The number of H-pyrrole nitrogens is 1. The molecule has 1 atom stereocenters. The van der Waals surface area contributed by atoms with Crippen LogP contribution in [0.2, 0.25) is 0 Å². The minimum absolute atomic E-state index is 0.0262. The fraction of sp³-hybridized carbons (Fsp3) is 0.241. The van der Waals surface area contributed by atoms with Gasteiger partial charge in [0.2, 0.25) is 0 Å². The molecule has 0 amide bonds. The maximum atomic E-state index is 13.2. The zero-order valence-electron chi connectivity index (χ0n) is 21.2. The quantitative estimate of drug-likeness (QED) is 0.495. The van der Waals surface area contributed by atoms with Gasteiger partial charge in [0.05, 0.1) is 43.0 Å². The lowest BCUT2D eigenvalue weighted by Gasteiger charge is -2.35. The number of aromatic amines is 1. The van der Waals surface area contributed by atoms with E-state index in [1.54, 1.807) is 36.4 Å². The van der Waals surface area contributed by atoms with Crippen molar-refractivity contribution < 1.29 is 19.1 Å². The normalized spacial score (nSPS) is 17.1. The molecular formula is C29H27N5O4. The molecule has 2 aliphatic rings. The van der Waals surface area contributed by atoms with Crippen LogP contribution in [0.5, 0.6) is 0 Å². The predicted octanol–water partition coefficient (Wildman–Crippen LogP) is 3.85. The van der Waals surface area contributed by atoms with E-state index in [-0.39, 0.29) is 22.7 Å². The standard InChI is InChI=1S/C29H27N5O4/c1-37-28(35)24-23(17-8-4-3-5-9-17)21(16-30)27(31)34(26(24)29(36)38-2)19-14-12-18(13-15-19)25-20-10-6-7-11-22(20)32-33-25/h3-5,8-9,12-15,23H,6-7,10-11,31H2,1-2H3,(H,32,33). The predicted molar refractivity (Wildman–Crippen MR) is 140 cm³/mol. The Morgan fingerprint density at radius 3 is 2.37 bits per heavy atom. The van der Waals surface area contributed by atoms with Crippen LogP contribution in [0.3, 0.4) is 0 Å². The second kappa shape index (κ2) is 10.3. The Morgan fingerprint density at radius 1 is 1.03 bits per heavy atom. The summed E-state index contributed by atoms with van der Waals surface area (Å²) in [6, 6.07) is 18.4. The van der Waals surface area contributed by atoms with Gasteiger partial charge in [-0.3, -0.25) is 10.00 Å². The molecule has 38 heavy (non-hydrogen) atoms. The van der Waals surface area contributed by atoms with Crippen molar-refractivity contribution in [3.8, 4) is 17.3 Å². The van der Waals surface area contributed by atoms with E-state index in [9.17, 15) is 14.9 Å². The van der Waals surface area contributed by atoms with Crippen LogP contribution in [-0.4, -0.2) is 36.4 Å². The minimum Gasteiger partial charge on any atom is -0.466 e. The average molecular weight is 510 g/mol. The van der Waals surface area contributed by atoms with Crippen LogP contribution < -0.4 is 10.6 Å². The van der Waals surface area contributed by atoms with Crippen molar-refractivity contribution in [2.75, 3.05) is 19.1 Å². The summed E-state index contributed by atoms with van der Waals surface area (Å²) >= 11 is 0. The lowest BCUT2D eigenvalue weighted by Crippen LogP contribution is -2.40. The second-order valence-corrected chi connectivity index (χ2v) is 9.12. The molecule has 9 heteroatoms. The highest BCUT2D eigenvalue weighted by Crippen LogP contribution is 2.43. The van der Waals surface area contributed by atoms with Crippen LogP contribution in [0.1, 0.15) is 35.6 Å². The van der Waals surface area contributed by atoms with Crippen LogP contribution in [0.25, 0.3) is 11.3 Å². The van der Waals surface area contributed by atoms with Crippen molar-refractivity contribution in [2.24, 2.45) is 5.73 Å². The monoisotopic (exact) mass is 509 g/mol. The molecule has 1 unspecified atom stereocenters. The van der Waals surface area contributed by atoms with Crippen LogP contribution >= 0.6 is 0 Å². The molecule has 0 saturated heterocycles. The van der Waals surface area contributed by atoms with Gasteiger partial charge in [-0.1, -0.05) is 42.5 Å². The molecule has 1 aromatic heterocycles. The van der Waals surface area contributed by atoms with E-state index in [2.05, 4.69) is 16.3 Å². The SMILES string of the molecule is COC(=O)C1=C(C(=O)OC)N(c2ccc(-c3n[nH]c4c3CCCC4)cc2)C(N)=C(C#N)C1c1ccccc1. The summed E-state index contributed by atoms with van der Waals surface area (Å²) in [4.78, 5) is 27.8. The van der Waals surface area contributed by atoms with Gasteiger partial charge in [0.1, 0.15) is 11.5 Å². The van der Waals surface area contributed by atoms with Crippen molar-refractivity contribution in [2.45, 2.75) is 31.6 Å². The van der Waals surface area contributed by atoms with E-state index in [1.165, 1.54) is 30.4 Å². The molecular weight excluding hydrogens is 482 g/mol. The van der Waals surface area contributed by atoms with Crippen molar-refractivity contribution in [3.63, 3.8) is 0 Å². The van der Waals surface area contributed by atoms with Crippen molar-refractivity contribution in [1.29, 1.82) is 5.26 Å². The zero-order valence-corrected chi connectivity index (χ0v) is 21.2. The highest BCUT2D eigenvalue weighted by molar-refractivity contribution is 6.06. The number of nitriles is 1. The first-order chi connectivity index (χ1) is 18.5. The van der Waals surface area contributed by atoms with Gasteiger partial charge in [-0.2, -0.15) is 10.4 Å². The molecule has 1 aliphatic carbocycles. The number of allylic oxidation sites excluding steroid dienone is 1. The molecule has 2 heterocycles. The summed E-state index contributed by atoms with van der Waals surface area (Å²) in [5.41, 5.74) is 11.9. The van der Waals surface area contributed by atoms with Gasteiger partial charge in [0.15, 0.2) is 0 Å². The fourth-order valence-electron chi connectivity index (χ4n) is 5.27. The molecule has 3 aromatic rings. The highest BCUT2D eigenvalue weighted by Gasteiger charge is 2.43. The molecule has 0 saturated carbocycles. The van der Waals surface area contributed by atoms with Gasteiger partial charge >= 0.3 is 11.9 Å². The summed E-state index contributed by atoms with van der Waals surface area (Å²) in [6.45, 7) is 0. The zero-order chi connectivity index (χ0) is 26.8. The number of aryl methyl sites for hydroxylation is 1. The first kappa shape index (κ1) is 24.8. The molecule has 5 rings (SSSR count). The lowest BCUT2D eigenvalue weighted by molar-refractivity contribution is -0.139. The Bertz CT molecular complexity index is 1500. The Labute approximate surface area is 220 Å². The number of rotatable bonds is 5. The summed E-state index contributed by atoms with van der Waals surface area (Å²) in [5, 5.41) is 17.9. The molecule has 2 aromatic carbocycles. The molecule has 0 bridgehead atoms. The first-order valence-corrected chi connectivity index (χ1v) is 12.3. The number of fused-ring (bicyclic) bond motifs is 1. The van der Waals surface area contributed by atoms with E-state index in [1.807, 2.05) is 18.2 Å². The summed E-state index contributed by atoms with van der Waals surface area (Å²) < 4.78 is 10.2. The number of aromatic nitrogens is 2. The van der Waals surface area contributed by atoms with Crippen molar-refractivity contribution >= 4 is 17.6 Å². The van der Waals surface area contributed by atoms with E-state index < -0.39 is 17.9 Å². The number of esters is 2. The second-order valence-electron chi connectivity index (χ2n) is 9.12. The smallest absolute Gasteiger partial charge is 0.355 e. The molecule has 0 spiro atoms. The number of methoxy groups -OCH3 is 2. The van der Waals surface area contributed by atoms with E-state index in [4.69, 9.17) is 15.2 Å². The summed E-state index contributed by atoms with van der Waals surface area (Å²) in [6.07, 6.45) is 4.22. The number of carbonyl (C=O) groups is 2.